The standard InChI is InChI=1S/C21H31FN4O4.ClH/c1-2-30-18-5-3-4-17(22)16(18)14-25-10-12-26(13-11-25)20(27)19(24-21(28)29)15-6-8-23-9-7-15;/h3-5,15,19,23-24H,2,6-14H2,1H3,(H,28,29);1H. The van der Waals surface area contributed by atoms with E-state index in [-0.39, 0.29) is 30.0 Å². The minimum atomic E-state index is -1.17. The maximum Gasteiger partial charge on any atom is 0.405 e. The predicted octanol–water partition coefficient (Wildman–Crippen LogP) is 1.93. The molecule has 0 saturated carbocycles. The highest BCUT2D eigenvalue weighted by molar-refractivity contribution is 5.86. The van der Waals surface area contributed by atoms with Gasteiger partial charge in [-0.15, -0.1) is 12.4 Å². The molecule has 2 heterocycles. The molecule has 2 aliphatic heterocycles. The predicted molar refractivity (Wildman–Crippen MR) is 117 cm³/mol. The van der Waals surface area contributed by atoms with Crippen molar-refractivity contribution >= 4 is 24.4 Å². The summed E-state index contributed by atoms with van der Waals surface area (Å²) >= 11 is 0. The van der Waals surface area contributed by atoms with Gasteiger partial charge in [0, 0.05) is 38.3 Å². The summed E-state index contributed by atoms with van der Waals surface area (Å²) in [5, 5.41) is 14.9. The van der Waals surface area contributed by atoms with Gasteiger partial charge in [-0.05, 0) is 50.9 Å². The van der Waals surface area contributed by atoms with E-state index in [2.05, 4.69) is 15.5 Å². The van der Waals surface area contributed by atoms with E-state index < -0.39 is 12.1 Å². The topological polar surface area (TPSA) is 94.1 Å². The summed E-state index contributed by atoms with van der Waals surface area (Å²) < 4.78 is 19.9. The van der Waals surface area contributed by atoms with E-state index in [1.54, 1.807) is 17.0 Å². The van der Waals surface area contributed by atoms with Crippen molar-refractivity contribution in [3.05, 3.63) is 29.6 Å². The number of amides is 2. The molecule has 174 valence electrons. The fourth-order valence-corrected chi connectivity index (χ4v) is 4.22. The molecule has 0 radical (unpaired) electrons. The molecule has 1 atom stereocenters. The van der Waals surface area contributed by atoms with Crippen molar-refractivity contribution in [2.75, 3.05) is 45.9 Å². The quantitative estimate of drug-likeness (QED) is 0.578. The number of carbonyl (C=O) groups is 2. The largest absolute Gasteiger partial charge is 0.493 e. The minimum Gasteiger partial charge on any atom is -0.493 e. The molecule has 2 aliphatic rings. The Balaban J connectivity index is 0.00000341. The average molecular weight is 459 g/mol. The van der Waals surface area contributed by atoms with Crippen LogP contribution in [0.4, 0.5) is 9.18 Å². The van der Waals surface area contributed by atoms with Gasteiger partial charge in [-0.1, -0.05) is 6.07 Å². The minimum absolute atomic E-state index is 0. The van der Waals surface area contributed by atoms with Crippen LogP contribution in [-0.4, -0.2) is 78.8 Å². The third-order valence-corrected chi connectivity index (χ3v) is 5.84. The number of hydrogen-bond donors (Lipinski definition) is 3. The first-order valence-electron chi connectivity index (χ1n) is 10.6. The normalized spacial score (nSPS) is 18.7. The third kappa shape index (κ3) is 6.69. The van der Waals surface area contributed by atoms with Crippen molar-refractivity contribution in [2.45, 2.75) is 32.4 Å². The fourth-order valence-electron chi connectivity index (χ4n) is 4.22. The monoisotopic (exact) mass is 458 g/mol. The summed E-state index contributed by atoms with van der Waals surface area (Å²) in [6.45, 7) is 6.48. The Bertz CT molecular complexity index is 740. The molecule has 1 aromatic rings. The molecule has 0 spiro atoms. The molecule has 2 fully saturated rings. The van der Waals surface area contributed by atoms with E-state index in [1.165, 1.54) is 6.07 Å². The molecule has 2 amide bonds. The van der Waals surface area contributed by atoms with Crippen LogP contribution in [0.5, 0.6) is 5.75 Å². The van der Waals surface area contributed by atoms with Gasteiger partial charge >= 0.3 is 6.09 Å². The van der Waals surface area contributed by atoms with Crippen LogP contribution in [0.1, 0.15) is 25.3 Å². The number of nitrogens with one attached hydrogen (secondary N) is 2. The number of nitrogens with zero attached hydrogens (tertiary/aromatic N) is 2. The lowest BCUT2D eigenvalue weighted by Crippen LogP contribution is -2.57. The Hall–Kier alpha value is -2.10. The first-order valence-corrected chi connectivity index (χ1v) is 10.6. The first-order chi connectivity index (χ1) is 14.5. The molecule has 1 aromatic carbocycles. The molecular weight excluding hydrogens is 427 g/mol. The van der Waals surface area contributed by atoms with Crippen molar-refractivity contribution in [1.29, 1.82) is 0 Å². The number of ether oxygens (including phenoxy) is 1. The van der Waals surface area contributed by atoms with Gasteiger partial charge in [-0.25, -0.2) is 9.18 Å². The Kier molecular flexibility index (Phi) is 9.80. The number of piperazine rings is 1. The molecule has 31 heavy (non-hydrogen) atoms. The molecule has 3 rings (SSSR count). The van der Waals surface area contributed by atoms with E-state index in [4.69, 9.17) is 4.74 Å². The van der Waals surface area contributed by atoms with E-state index in [9.17, 15) is 19.1 Å². The van der Waals surface area contributed by atoms with Gasteiger partial charge in [0.05, 0.1) is 6.61 Å². The number of carboxylic acid groups (broad SMARTS) is 1. The van der Waals surface area contributed by atoms with E-state index in [1.807, 2.05) is 6.92 Å². The number of benzene rings is 1. The van der Waals surface area contributed by atoms with Gasteiger partial charge in [-0.3, -0.25) is 9.69 Å². The van der Waals surface area contributed by atoms with Crippen LogP contribution in [-0.2, 0) is 11.3 Å². The van der Waals surface area contributed by atoms with Crippen LogP contribution in [0.2, 0.25) is 0 Å². The van der Waals surface area contributed by atoms with Crippen molar-refractivity contribution in [1.82, 2.24) is 20.4 Å². The van der Waals surface area contributed by atoms with Gasteiger partial charge in [0.25, 0.3) is 0 Å². The molecule has 2 saturated heterocycles. The molecule has 3 N–H and O–H groups in total. The summed E-state index contributed by atoms with van der Waals surface area (Å²) in [6.07, 6.45) is 0.363. The van der Waals surface area contributed by atoms with Gasteiger partial charge in [-0.2, -0.15) is 0 Å². The second-order valence-electron chi connectivity index (χ2n) is 7.77. The SMILES string of the molecule is CCOc1cccc(F)c1CN1CCN(C(=O)C(NC(=O)O)C2CCNCC2)CC1.Cl. The second-order valence-corrected chi connectivity index (χ2v) is 7.77. The molecule has 0 aromatic heterocycles. The van der Waals surface area contributed by atoms with Crippen LogP contribution >= 0.6 is 12.4 Å². The van der Waals surface area contributed by atoms with E-state index in [0.717, 1.165) is 25.9 Å². The molecule has 8 nitrogen and oxygen atoms in total. The summed E-state index contributed by atoms with van der Waals surface area (Å²) in [4.78, 5) is 28.1. The van der Waals surface area contributed by atoms with Crippen molar-refractivity contribution in [3.63, 3.8) is 0 Å². The number of halogens is 2. The maximum absolute atomic E-state index is 14.3. The van der Waals surface area contributed by atoms with Gasteiger partial charge in [0.15, 0.2) is 0 Å². The van der Waals surface area contributed by atoms with Gasteiger partial charge in [0.1, 0.15) is 17.6 Å². The molecular formula is C21H32ClFN4O4. The molecule has 1 unspecified atom stereocenters. The Labute approximate surface area is 188 Å². The Morgan fingerprint density at radius 1 is 1.26 bits per heavy atom. The van der Waals surface area contributed by atoms with E-state index >= 15 is 0 Å². The third-order valence-electron chi connectivity index (χ3n) is 5.84. The van der Waals surface area contributed by atoms with Crippen LogP contribution in [0.25, 0.3) is 0 Å². The first kappa shape index (κ1) is 25.2. The number of carbonyl (C=O) groups excluding carboxylic acids is 1. The number of rotatable bonds is 7. The van der Waals surface area contributed by atoms with Crippen LogP contribution in [0.15, 0.2) is 18.2 Å². The second kappa shape index (κ2) is 12.1. The molecule has 10 heteroatoms. The maximum atomic E-state index is 14.3. The average Bonchev–Trinajstić information content (AvgIpc) is 2.75. The molecule has 0 aliphatic carbocycles. The highest BCUT2D eigenvalue weighted by Gasteiger charge is 2.35. The summed E-state index contributed by atoms with van der Waals surface area (Å²) in [5.41, 5.74) is 0.527. The number of piperidine rings is 1. The van der Waals surface area contributed by atoms with Crippen molar-refractivity contribution in [2.24, 2.45) is 5.92 Å². The lowest BCUT2D eigenvalue weighted by Gasteiger charge is -2.38. The van der Waals surface area contributed by atoms with Gasteiger partial charge < -0.3 is 25.4 Å². The van der Waals surface area contributed by atoms with Crippen molar-refractivity contribution < 1.29 is 23.8 Å². The zero-order valence-electron chi connectivity index (χ0n) is 17.8. The smallest absolute Gasteiger partial charge is 0.405 e. The zero-order valence-corrected chi connectivity index (χ0v) is 18.6. The van der Waals surface area contributed by atoms with Gasteiger partial charge in [0.2, 0.25) is 5.91 Å². The molecule has 0 bridgehead atoms. The lowest BCUT2D eigenvalue weighted by molar-refractivity contribution is -0.136. The fraction of sp³-hybridized carbons (Fsp3) is 0.619. The van der Waals surface area contributed by atoms with Crippen LogP contribution in [0.3, 0.4) is 0 Å². The lowest BCUT2D eigenvalue weighted by atomic mass is 9.89. The highest BCUT2D eigenvalue weighted by Crippen LogP contribution is 2.24. The number of hydrogen-bond acceptors (Lipinski definition) is 5. The highest BCUT2D eigenvalue weighted by atomic mass is 35.5. The summed E-state index contributed by atoms with van der Waals surface area (Å²) in [6, 6.07) is 4.12. The van der Waals surface area contributed by atoms with Crippen LogP contribution < -0.4 is 15.4 Å². The summed E-state index contributed by atoms with van der Waals surface area (Å²) in [5.74, 6) is 0.0913. The summed E-state index contributed by atoms with van der Waals surface area (Å²) in [7, 11) is 0. The van der Waals surface area contributed by atoms with Crippen molar-refractivity contribution in [3.8, 4) is 5.75 Å². The van der Waals surface area contributed by atoms with E-state index in [0.29, 0.717) is 50.6 Å². The van der Waals surface area contributed by atoms with Crippen LogP contribution in [0, 0.1) is 11.7 Å². The Morgan fingerprint density at radius 3 is 2.55 bits per heavy atom. The Morgan fingerprint density at radius 2 is 1.94 bits per heavy atom. The zero-order chi connectivity index (χ0) is 21.5.